The molecule has 6 heteroatoms. The van der Waals surface area contributed by atoms with Gasteiger partial charge in [0.2, 0.25) is 5.91 Å². The lowest BCUT2D eigenvalue weighted by Crippen LogP contribution is -2.36. The Morgan fingerprint density at radius 2 is 1.92 bits per heavy atom. The van der Waals surface area contributed by atoms with Crippen LogP contribution in [0.2, 0.25) is 0 Å². The Morgan fingerprint density at radius 3 is 2.15 bits per heavy atom. The van der Waals surface area contributed by atoms with Crippen molar-refractivity contribution in [3.8, 4) is 0 Å². The Hall–Kier alpha value is -0.750. The van der Waals surface area contributed by atoms with E-state index in [0.717, 1.165) is 12.7 Å². The summed E-state index contributed by atoms with van der Waals surface area (Å²) in [6, 6.07) is -0.461. The van der Waals surface area contributed by atoms with Gasteiger partial charge in [0.25, 0.3) is 5.97 Å². The lowest BCUT2D eigenvalue weighted by atomic mass is 10.2. The molecule has 0 radical (unpaired) electrons. The maximum atomic E-state index is 10.3. The molecule has 1 atom stereocenters. The number of hydrogen-bond acceptors (Lipinski definition) is 4. The van der Waals surface area contributed by atoms with E-state index in [4.69, 9.17) is 21.4 Å². The van der Waals surface area contributed by atoms with E-state index in [0.29, 0.717) is 6.42 Å². The first-order valence-electron chi connectivity index (χ1n) is 3.65. The highest BCUT2D eigenvalue weighted by atomic mass is 32.2. The zero-order valence-corrected chi connectivity index (χ0v) is 8.63. The number of aliphatic carboxylic acids is 1. The molecule has 0 bridgehead atoms. The summed E-state index contributed by atoms with van der Waals surface area (Å²) in [5.41, 5.74) is 10.2. The van der Waals surface area contributed by atoms with E-state index in [1.807, 2.05) is 6.26 Å². The maximum Gasteiger partial charge on any atom is 0.300 e. The van der Waals surface area contributed by atoms with Gasteiger partial charge >= 0.3 is 0 Å². The highest BCUT2D eigenvalue weighted by molar-refractivity contribution is 7.98. The normalized spacial score (nSPS) is 11.0. The highest BCUT2D eigenvalue weighted by Crippen LogP contribution is 1.97. The van der Waals surface area contributed by atoms with E-state index < -0.39 is 17.9 Å². The molecule has 78 valence electrons. The summed E-state index contributed by atoms with van der Waals surface area (Å²) in [4.78, 5) is 19.3. The Kier molecular flexibility index (Phi) is 10.6. The number of nitrogens with two attached hydrogens (primary N) is 2. The van der Waals surface area contributed by atoms with E-state index in [-0.39, 0.29) is 0 Å². The quantitative estimate of drug-likeness (QED) is 0.585. The van der Waals surface area contributed by atoms with Crippen LogP contribution in [0.1, 0.15) is 13.3 Å². The minimum absolute atomic E-state index is 0.413. The fourth-order valence-corrected chi connectivity index (χ4v) is 0.877. The van der Waals surface area contributed by atoms with E-state index in [1.54, 1.807) is 11.8 Å². The molecule has 5 nitrogen and oxygen atoms in total. The summed E-state index contributed by atoms with van der Waals surface area (Å²) in [5.74, 6) is -0.353. The first-order valence-corrected chi connectivity index (χ1v) is 5.04. The summed E-state index contributed by atoms with van der Waals surface area (Å²) >= 11 is 1.66. The number of thioether (sulfide) groups is 1. The Labute approximate surface area is 81.9 Å². The van der Waals surface area contributed by atoms with Gasteiger partial charge in [0, 0.05) is 6.92 Å². The third kappa shape index (κ3) is 18.3. The topological polar surface area (TPSA) is 106 Å². The Morgan fingerprint density at radius 1 is 1.54 bits per heavy atom. The van der Waals surface area contributed by atoms with Crippen LogP contribution in [0.15, 0.2) is 0 Å². The largest absolute Gasteiger partial charge is 0.481 e. The molecule has 0 aromatic carbocycles. The smallest absolute Gasteiger partial charge is 0.300 e. The fourth-order valence-electron chi connectivity index (χ4n) is 0.387. The first kappa shape index (κ1) is 14.8. The maximum absolute atomic E-state index is 10.3. The van der Waals surface area contributed by atoms with Gasteiger partial charge in [0.15, 0.2) is 0 Å². The summed E-state index contributed by atoms with van der Waals surface area (Å²) in [5, 5.41) is 7.42. The van der Waals surface area contributed by atoms with Crippen LogP contribution in [0.25, 0.3) is 0 Å². The van der Waals surface area contributed by atoms with Crippen LogP contribution in [-0.2, 0) is 9.59 Å². The number of carbonyl (C=O) groups is 2. The van der Waals surface area contributed by atoms with E-state index in [2.05, 4.69) is 0 Å². The van der Waals surface area contributed by atoms with Crippen LogP contribution in [0.3, 0.4) is 0 Å². The van der Waals surface area contributed by atoms with Crippen LogP contribution < -0.4 is 11.5 Å². The lowest BCUT2D eigenvalue weighted by molar-refractivity contribution is -0.134. The molecule has 0 aromatic heterocycles. The SMILES string of the molecule is CC(=O)O.CSCCC(N)C(N)=O. The van der Waals surface area contributed by atoms with Gasteiger partial charge < -0.3 is 16.6 Å². The molecule has 0 heterocycles. The van der Waals surface area contributed by atoms with Gasteiger partial charge in [0.1, 0.15) is 0 Å². The second-order valence-corrected chi connectivity index (χ2v) is 3.29. The predicted octanol–water partition coefficient (Wildman–Crippen LogP) is -0.357. The summed E-state index contributed by atoms with van der Waals surface area (Å²) in [6.45, 7) is 1.08. The molecule has 1 unspecified atom stereocenters. The van der Waals surface area contributed by atoms with Crippen molar-refractivity contribution in [1.82, 2.24) is 0 Å². The van der Waals surface area contributed by atoms with Crippen molar-refractivity contribution in [2.24, 2.45) is 11.5 Å². The Bertz CT molecular complexity index is 160. The van der Waals surface area contributed by atoms with Crippen molar-refractivity contribution in [2.45, 2.75) is 19.4 Å². The molecular formula is C7H16N2O3S. The number of primary amides is 1. The zero-order chi connectivity index (χ0) is 10.9. The molecular weight excluding hydrogens is 192 g/mol. The van der Waals surface area contributed by atoms with E-state index >= 15 is 0 Å². The molecule has 13 heavy (non-hydrogen) atoms. The molecule has 0 rings (SSSR count). The number of rotatable bonds is 4. The molecule has 0 aliphatic carbocycles. The molecule has 0 saturated carbocycles. The minimum atomic E-state index is -0.833. The number of carbonyl (C=O) groups excluding carboxylic acids is 1. The minimum Gasteiger partial charge on any atom is -0.481 e. The molecule has 0 saturated heterocycles. The van der Waals surface area contributed by atoms with Crippen molar-refractivity contribution >= 4 is 23.6 Å². The number of carboxylic acid groups (broad SMARTS) is 1. The lowest BCUT2D eigenvalue weighted by Gasteiger charge is -2.03. The molecule has 0 aliphatic heterocycles. The van der Waals surface area contributed by atoms with Crippen LogP contribution in [0.5, 0.6) is 0 Å². The monoisotopic (exact) mass is 208 g/mol. The van der Waals surface area contributed by atoms with Gasteiger partial charge in [-0.1, -0.05) is 0 Å². The second-order valence-electron chi connectivity index (χ2n) is 2.31. The van der Waals surface area contributed by atoms with Crippen LogP contribution >= 0.6 is 11.8 Å². The summed E-state index contributed by atoms with van der Waals surface area (Å²) < 4.78 is 0. The van der Waals surface area contributed by atoms with Crippen molar-refractivity contribution in [3.63, 3.8) is 0 Å². The predicted molar refractivity (Wildman–Crippen MR) is 53.5 cm³/mol. The zero-order valence-electron chi connectivity index (χ0n) is 7.82. The third-order valence-electron chi connectivity index (χ3n) is 0.998. The van der Waals surface area contributed by atoms with E-state index in [1.165, 1.54) is 0 Å². The van der Waals surface area contributed by atoms with Crippen molar-refractivity contribution < 1.29 is 14.7 Å². The standard InChI is InChI=1S/C5H12N2OS.C2H4O2/c1-9-3-2-4(6)5(7)8;1-2(3)4/h4H,2-3,6H2,1H3,(H2,7,8);1H3,(H,3,4). The molecule has 0 aliphatic rings. The van der Waals surface area contributed by atoms with Crippen LogP contribution in [-0.4, -0.2) is 35.0 Å². The average Bonchev–Trinajstić information content (AvgIpc) is 1.98. The number of amides is 1. The van der Waals surface area contributed by atoms with Gasteiger partial charge in [0.05, 0.1) is 6.04 Å². The molecule has 0 spiro atoms. The van der Waals surface area contributed by atoms with Gasteiger partial charge in [-0.3, -0.25) is 9.59 Å². The molecule has 1 amide bonds. The van der Waals surface area contributed by atoms with Gasteiger partial charge in [-0.2, -0.15) is 11.8 Å². The third-order valence-corrected chi connectivity index (χ3v) is 1.64. The highest BCUT2D eigenvalue weighted by Gasteiger charge is 2.06. The molecule has 0 aromatic rings. The molecule has 0 fully saturated rings. The Balaban J connectivity index is 0. The van der Waals surface area contributed by atoms with Crippen LogP contribution in [0, 0.1) is 0 Å². The number of hydrogen-bond donors (Lipinski definition) is 3. The van der Waals surface area contributed by atoms with Gasteiger partial charge in [-0.15, -0.1) is 0 Å². The summed E-state index contributed by atoms with van der Waals surface area (Å²) in [6.07, 6.45) is 2.64. The van der Waals surface area contributed by atoms with Crippen molar-refractivity contribution in [1.29, 1.82) is 0 Å². The second kappa shape index (κ2) is 9.34. The molecule has 5 N–H and O–H groups in total. The first-order chi connectivity index (χ1) is 5.91. The number of carboxylic acids is 1. The average molecular weight is 208 g/mol. The van der Waals surface area contributed by atoms with Crippen LogP contribution in [0.4, 0.5) is 0 Å². The van der Waals surface area contributed by atoms with Crippen molar-refractivity contribution in [3.05, 3.63) is 0 Å². The summed E-state index contributed by atoms with van der Waals surface area (Å²) in [7, 11) is 0. The van der Waals surface area contributed by atoms with Gasteiger partial charge in [-0.25, -0.2) is 0 Å². The fraction of sp³-hybridized carbons (Fsp3) is 0.714. The van der Waals surface area contributed by atoms with Gasteiger partial charge in [-0.05, 0) is 18.4 Å². The van der Waals surface area contributed by atoms with E-state index in [9.17, 15) is 4.79 Å². The van der Waals surface area contributed by atoms with Crippen molar-refractivity contribution in [2.75, 3.05) is 12.0 Å².